The standard InChI is InChI=1S/C24H24FN3O3S/c1-30-20-9-5-8-19(21(20)31-15-14-26)24-28(23(29)17-6-3-2-4-7-17)27-22(32-24)16-10-12-18(25)13-11-16/h5,8-13,17,24H,2-4,6-7,15H2,1H3. The monoisotopic (exact) mass is 453 g/mol. The maximum Gasteiger partial charge on any atom is 0.247 e. The fraction of sp³-hybridized carbons (Fsp3) is 0.375. The van der Waals surface area contributed by atoms with Gasteiger partial charge in [0.15, 0.2) is 18.1 Å². The van der Waals surface area contributed by atoms with Crippen molar-refractivity contribution in [3.63, 3.8) is 0 Å². The van der Waals surface area contributed by atoms with Crippen molar-refractivity contribution >= 4 is 22.7 Å². The third-order valence-electron chi connectivity index (χ3n) is 5.69. The second kappa shape index (κ2) is 10.0. The van der Waals surface area contributed by atoms with Gasteiger partial charge in [-0.25, -0.2) is 9.40 Å². The van der Waals surface area contributed by atoms with Crippen molar-refractivity contribution in [1.82, 2.24) is 5.01 Å². The number of ether oxygens (including phenoxy) is 2. The van der Waals surface area contributed by atoms with Gasteiger partial charge in [-0.1, -0.05) is 43.2 Å². The summed E-state index contributed by atoms with van der Waals surface area (Å²) in [5, 5.41) is 15.4. The van der Waals surface area contributed by atoms with Gasteiger partial charge in [0.05, 0.1) is 7.11 Å². The van der Waals surface area contributed by atoms with Gasteiger partial charge < -0.3 is 9.47 Å². The molecule has 1 aliphatic carbocycles. The number of para-hydroxylation sites is 1. The Labute approximate surface area is 191 Å². The number of halogens is 1. The first kappa shape index (κ1) is 22.2. The van der Waals surface area contributed by atoms with Crippen LogP contribution in [0.4, 0.5) is 4.39 Å². The molecule has 32 heavy (non-hydrogen) atoms. The summed E-state index contributed by atoms with van der Waals surface area (Å²) in [6, 6.07) is 13.5. The van der Waals surface area contributed by atoms with E-state index >= 15 is 0 Å². The van der Waals surface area contributed by atoms with Crippen molar-refractivity contribution in [1.29, 1.82) is 5.26 Å². The van der Waals surface area contributed by atoms with Crippen LogP contribution in [0.3, 0.4) is 0 Å². The molecule has 2 aromatic rings. The summed E-state index contributed by atoms with van der Waals surface area (Å²) >= 11 is 1.40. The molecule has 8 heteroatoms. The zero-order valence-corrected chi connectivity index (χ0v) is 18.6. The quantitative estimate of drug-likeness (QED) is 0.597. The Bertz CT molecular complexity index is 1050. The molecule has 1 fully saturated rings. The highest BCUT2D eigenvalue weighted by molar-refractivity contribution is 8.14. The highest BCUT2D eigenvalue weighted by atomic mass is 32.2. The number of methoxy groups -OCH3 is 1. The second-order valence-electron chi connectivity index (χ2n) is 7.73. The number of carbonyl (C=O) groups excluding carboxylic acids is 1. The number of hydrogen-bond donors (Lipinski definition) is 0. The average Bonchev–Trinajstić information content (AvgIpc) is 3.28. The molecular formula is C24H24FN3O3S. The Morgan fingerprint density at radius 3 is 2.66 bits per heavy atom. The molecule has 1 atom stereocenters. The molecule has 0 spiro atoms. The Morgan fingerprint density at radius 2 is 1.97 bits per heavy atom. The van der Waals surface area contributed by atoms with E-state index < -0.39 is 5.37 Å². The first-order valence-corrected chi connectivity index (χ1v) is 11.5. The van der Waals surface area contributed by atoms with E-state index in [2.05, 4.69) is 5.10 Å². The highest BCUT2D eigenvalue weighted by Gasteiger charge is 2.39. The van der Waals surface area contributed by atoms with E-state index in [4.69, 9.17) is 14.7 Å². The largest absolute Gasteiger partial charge is 0.493 e. The summed E-state index contributed by atoms with van der Waals surface area (Å²) < 4.78 is 24.6. The van der Waals surface area contributed by atoms with E-state index in [1.807, 2.05) is 18.2 Å². The fourth-order valence-electron chi connectivity index (χ4n) is 4.09. The van der Waals surface area contributed by atoms with Gasteiger partial charge in [-0.2, -0.15) is 10.4 Å². The SMILES string of the molecule is COc1cccc(C2SC(c3ccc(F)cc3)=NN2C(=O)C2CCCCC2)c1OCC#N. The molecule has 0 aromatic heterocycles. The topological polar surface area (TPSA) is 74.9 Å². The van der Waals surface area contributed by atoms with Crippen LogP contribution in [0.5, 0.6) is 11.5 Å². The predicted molar refractivity (Wildman–Crippen MR) is 121 cm³/mol. The maximum atomic E-state index is 13.5. The Hall–Kier alpha value is -3.05. The van der Waals surface area contributed by atoms with E-state index in [0.717, 1.165) is 37.7 Å². The second-order valence-corrected chi connectivity index (χ2v) is 8.79. The molecule has 2 aromatic carbocycles. The highest BCUT2D eigenvalue weighted by Crippen LogP contribution is 2.48. The van der Waals surface area contributed by atoms with Crippen molar-refractivity contribution in [2.24, 2.45) is 11.0 Å². The molecule has 2 aliphatic rings. The van der Waals surface area contributed by atoms with Gasteiger partial charge in [0, 0.05) is 17.0 Å². The molecule has 0 saturated heterocycles. The van der Waals surface area contributed by atoms with Crippen molar-refractivity contribution in [3.05, 3.63) is 59.4 Å². The van der Waals surface area contributed by atoms with Crippen molar-refractivity contribution in [2.45, 2.75) is 37.5 Å². The van der Waals surface area contributed by atoms with E-state index in [1.165, 1.54) is 36.0 Å². The third kappa shape index (κ3) is 4.58. The van der Waals surface area contributed by atoms with Gasteiger partial charge in [0.1, 0.15) is 22.3 Å². The molecule has 166 valence electrons. The van der Waals surface area contributed by atoms with E-state index in [0.29, 0.717) is 22.1 Å². The summed E-state index contributed by atoms with van der Waals surface area (Å²) in [5.74, 6) is 0.485. The van der Waals surface area contributed by atoms with Gasteiger partial charge in [0.25, 0.3) is 0 Å². The smallest absolute Gasteiger partial charge is 0.247 e. The van der Waals surface area contributed by atoms with Crippen LogP contribution in [-0.2, 0) is 4.79 Å². The Morgan fingerprint density at radius 1 is 1.22 bits per heavy atom. The molecule has 0 bridgehead atoms. The van der Waals surface area contributed by atoms with E-state index in [1.54, 1.807) is 18.2 Å². The fourth-order valence-corrected chi connectivity index (χ4v) is 5.27. The average molecular weight is 454 g/mol. The summed E-state index contributed by atoms with van der Waals surface area (Å²) in [4.78, 5) is 13.5. The van der Waals surface area contributed by atoms with Gasteiger partial charge in [-0.3, -0.25) is 4.79 Å². The minimum atomic E-state index is -0.478. The number of thioether (sulfide) groups is 1. The number of rotatable bonds is 6. The molecular weight excluding hydrogens is 429 g/mol. The number of nitrogens with zero attached hydrogens (tertiary/aromatic N) is 3. The molecule has 6 nitrogen and oxygen atoms in total. The number of benzene rings is 2. The minimum absolute atomic E-state index is 0.0200. The Kier molecular flexibility index (Phi) is 6.96. The normalized spacial score (nSPS) is 18.7. The molecule has 1 amide bonds. The van der Waals surface area contributed by atoms with Crippen LogP contribution in [0.2, 0.25) is 0 Å². The molecule has 0 N–H and O–H groups in total. The van der Waals surface area contributed by atoms with E-state index in [9.17, 15) is 9.18 Å². The van der Waals surface area contributed by atoms with Gasteiger partial charge in [-0.15, -0.1) is 0 Å². The van der Waals surface area contributed by atoms with Crippen molar-refractivity contribution in [2.75, 3.05) is 13.7 Å². The number of hydrazone groups is 1. The maximum absolute atomic E-state index is 13.5. The van der Waals surface area contributed by atoms with Gasteiger partial charge >= 0.3 is 0 Å². The lowest BCUT2D eigenvalue weighted by molar-refractivity contribution is -0.137. The van der Waals surface area contributed by atoms with Crippen molar-refractivity contribution in [3.8, 4) is 17.6 Å². The summed E-state index contributed by atoms with van der Waals surface area (Å²) in [5.41, 5.74) is 1.44. The van der Waals surface area contributed by atoms with Gasteiger partial charge in [-0.05, 0) is 43.2 Å². The van der Waals surface area contributed by atoms with Crippen molar-refractivity contribution < 1.29 is 18.7 Å². The van der Waals surface area contributed by atoms with Crippen LogP contribution in [0.1, 0.15) is 48.6 Å². The summed E-state index contributed by atoms with van der Waals surface area (Å²) in [7, 11) is 1.53. The predicted octanol–water partition coefficient (Wildman–Crippen LogP) is 5.25. The van der Waals surface area contributed by atoms with Crippen LogP contribution in [0, 0.1) is 23.1 Å². The first-order valence-electron chi connectivity index (χ1n) is 10.6. The molecule has 4 rings (SSSR count). The zero-order valence-electron chi connectivity index (χ0n) is 17.8. The number of hydrogen-bond acceptors (Lipinski definition) is 6. The van der Waals surface area contributed by atoms with Crippen LogP contribution in [0.15, 0.2) is 47.6 Å². The third-order valence-corrected chi connectivity index (χ3v) is 6.91. The number of amides is 1. The van der Waals surface area contributed by atoms with Crippen LogP contribution in [-0.4, -0.2) is 29.7 Å². The van der Waals surface area contributed by atoms with Gasteiger partial charge in [0.2, 0.25) is 5.91 Å². The lowest BCUT2D eigenvalue weighted by atomic mass is 9.88. The molecule has 1 unspecified atom stereocenters. The lowest BCUT2D eigenvalue weighted by Gasteiger charge is -2.28. The zero-order chi connectivity index (χ0) is 22.5. The first-order chi connectivity index (χ1) is 15.6. The lowest BCUT2D eigenvalue weighted by Crippen LogP contribution is -2.33. The molecule has 1 heterocycles. The number of nitriles is 1. The van der Waals surface area contributed by atoms with Crippen LogP contribution >= 0.6 is 11.8 Å². The van der Waals surface area contributed by atoms with Crippen LogP contribution < -0.4 is 9.47 Å². The molecule has 0 radical (unpaired) electrons. The summed E-state index contributed by atoms with van der Waals surface area (Å²) in [6.07, 6.45) is 4.92. The minimum Gasteiger partial charge on any atom is -0.493 e. The van der Waals surface area contributed by atoms with E-state index in [-0.39, 0.29) is 24.2 Å². The Balaban J connectivity index is 1.73. The molecule has 1 saturated carbocycles. The summed E-state index contributed by atoms with van der Waals surface area (Å²) in [6.45, 7) is -0.146. The van der Waals surface area contributed by atoms with Crippen LogP contribution in [0.25, 0.3) is 0 Å². The molecule has 1 aliphatic heterocycles. The number of carbonyl (C=O) groups is 1.